The Balaban J connectivity index is 2.45. The summed E-state index contributed by atoms with van der Waals surface area (Å²) in [4.78, 5) is 14.4. The molecule has 0 saturated carbocycles. The van der Waals surface area contributed by atoms with Crippen LogP contribution in [0.3, 0.4) is 0 Å². The van der Waals surface area contributed by atoms with Crippen molar-refractivity contribution in [2.45, 2.75) is 53.7 Å². The van der Waals surface area contributed by atoms with E-state index >= 15 is 0 Å². The molecule has 1 aliphatic heterocycles. The van der Waals surface area contributed by atoms with Crippen molar-refractivity contribution in [2.24, 2.45) is 17.1 Å². The molecule has 2 N–H and O–H groups in total. The number of benzene rings is 1. The van der Waals surface area contributed by atoms with Crippen LogP contribution in [-0.4, -0.2) is 18.6 Å². The smallest absolute Gasteiger partial charge is 0.268 e. The Morgan fingerprint density at radius 1 is 1.32 bits per heavy atom. The number of fused-ring (bicyclic) bond motifs is 1. The summed E-state index contributed by atoms with van der Waals surface area (Å²) in [5.74, 6) is 0.947. The van der Waals surface area contributed by atoms with Crippen molar-refractivity contribution in [3.05, 3.63) is 23.8 Å². The first kappa shape index (κ1) is 16.8. The van der Waals surface area contributed by atoms with Gasteiger partial charge in [0.15, 0.2) is 6.10 Å². The van der Waals surface area contributed by atoms with E-state index in [0.29, 0.717) is 6.54 Å². The highest BCUT2D eigenvalue weighted by Gasteiger charge is 2.36. The summed E-state index contributed by atoms with van der Waals surface area (Å²) in [6.45, 7) is 13.0. The third-order valence-electron chi connectivity index (χ3n) is 4.25. The van der Waals surface area contributed by atoms with Gasteiger partial charge in [0.2, 0.25) is 0 Å². The Bertz CT molecular complexity index is 561. The first-order valence-corrected chi connectivity index (χ1v) is 8.04. The molecular weight excluding hydrogens is 276 g/mol. The highest BCUT2D eigenvalue weighted by Crippen LogP contribution is 2.39. The van der Waals surface area contributed by atoms with Crippen LogP contribution in [0, 0.1) is 11.3 Å². The van der Waals surface area contributed by atoms with Crippen molar-refractivity contribution >= 4 is 11.6 Å². The number of carbonyl (C=O) groups is 1. The number of nitrogens with two attached hydrogens (primary N) is 1. The number of nitrogens with zero attached hydrogens (tertiary/aromatic N) is 1. The number of carbonyl (C=O) groups excluding carboxylic acids is 1. The molecule has 0 aromatic heterocycles. The summed E-state index contributed by atoms with van der Waals surface area (Å²) >= 11 is 0. The summed E-state index contributed by atoms with van der Waals surface area (Å²) in [5, 5.41) is 0. The molecule has 1 aromatic rings. The fourth-order valence-corrected chi connectivity index (χ4v) is 2.75. The zero-order valence-corrected chi connectivity index (χ0v) is 14.5. The third-order valence-corrected chi connectivity index (χ3v) is 4.25. The van der Waals surface area contributed by atoms with E-state index in [9.17, 15) is 4.79 Å². The molecule has 2 unspecified atom stereocenters. The van der Waals surface area contributed by atoms with Gasteiger partial charge in [0.25, 0.3) is 5.91 Å². The van der Waals surface area contributed by atoms with Crippen molar-refractivity contribution in [3.63, 3.8) is 0 Å². The molecule has 122 valence electrons. The van der Waals surface area contributed by atoms with E-state index in [1.807, 2.05) is 43.9 Å². The molecule has 1 heterocycles. The zero-order chi connectivity index (χ0) is 16.7. The molecule has 0 fully saturated rings. The number of amides is 1. The zero-order valence-electron chi connectivity index (χ0n) is 14.5. The van der Waals surface area contributed by atoms with Crippen molar-refractivity contribution in [3.8, 4) is 5.75 Å². The Labute approximate surface area is 133 Å². The van der Waals surface area contributed by atoms with Crippen LogP contribution in [0.4, 0.5) is 5.69 Å². The quantitative estimate of drug-likeness (QED) is 0.930. The average molecular weight is 304 g/mol. The highest BCUT2D eigenvalue weighted by atomic mass is 16.5. The largest absolute Gasteiger partial charge is 0.478 e. The number of likely N-dealkylation sites (N-methyl/N-ethyl adjacent to an activating group) is 1. The molecule has 0 bridgehead atoms. The van der Waals surface area contributed by atoms with Crippen molar-refractivity contribution < 1.29 is 9.53 Å². The first-order valence-electron chi connectivity index (χ1n) is 8.04. The molecular formula is C18H28N2O2. The third kappa shape index (κ3) is 2.98. The van der Waals surface area contributed by atoms with Gasteiger partial charge in [-0.05, 0) is 36.0 Å². The SMILES string of the molecule is CCN1C(=O)C(C(C)C)Oc2ccc(C(N)C(C)(C)C)cc21. The van der Waals surface area contributed by atoms with Crippen molar-refractivity contribution in [1.29, 1.82) is 0 Å². The summed E-state index contributed by atoms with van der Waals surface area (Å²) < 4.78 is 5.93. The molecule has 0 saturated heterocycles. The van der Waals surface area contributed by atoms with Crippen molar-refractivity contribution in [1.82, 2.24) is 0 Å². The Hall–Kier alpha value is -1.55. The van der Waals surface area contributed by atoms with Crippen LogP contribution in [0.1, 0.15) is 53.1 Å². The van der Waals surface area contributed by atoms with Gasteiger partial charge in [0.05, 0.1) is 5.69 Å². The first-order chi connectivity index (χ1) is 10.2. The van der Waals surface area contributed by atoms with Crippen LogP contribution in [0.25, 0.3) is 0 Å². The number of anilines is 1. The van der Waals surface area contributed by atoms with E-state index in [1.54, 1.807) is 0 Å². The summed E-state index contributed by atoms with van der Waals surface area (Å²) in [5.41, 5.74) is 8.19. The molecule has 22 heavy (non-hydrogen) atoms. The average Bonchev–Trinajstić information content (AvgIpc) is 2.44. The Morgan fingerprint density at radius 2 is 1.95 bits per heavy atom. The van der Waals surface area contributed by atoms with Crippen LogP contribution in [0.5, 0.6) is 5.75 Å². The maximum atomic E-state index is 12.6. The Morgan fingerprint density at radius 3 is 2.45 bits per heavy atom. The van der Waals surface area contributed by atoms with Crippen LogP contribution in [-0.2, 0) is 4.79 Å². The standard InChI is InChI=1S/C18H28N2O2/c1-7-20-13-10-12(16(19)18(4,5)6)8-9-14(13)22-15(11(2)3)17(20)21/h8-11,15-16H,7,19H2,1-6H3. The fourth-order valence-electron chi connectivity index (χ4n) is 2.75. The van der Waals surface area contributed by atoms with Crippen LogP contribution < -0.4 is 15.4 Å². The molecule has 0 radical (unpaired) electrons. The second-order valence-corrected chi connectivity index (χ2v) is 7.44. The van der Waals surface area contributed by atoms with E-state index in [0.717, 1.165) is 17.0 Å². The van der Waals surface area contributed by atoms with Gasteiger partial charge in [-0.15, -0.1) is 0 Å². The number of hydrogen-bond acceptors (Lipinski definition) is 3. The Kier molecular flexibility index (Phi) is 4.52. The lowest BCUT2D eigenvalue weighted by Crippen LogP contribution is -2.48. The summed E-state index contributed by atoms with van der Waals surface area (Å²) in [6, 6.07) is 5.87. The lowest BCUT2D eigenvalue weighted by molar-refractivity contribution is -0.128. The van der Waals surface area contributed by atoms with Gasteiger partial charge in [-0.3, -0.25) is 4.79 Å². The molecule has 1 aliphatic rings. The van der Waals surface area contributed by atoms with Gasteiger partial charge in [0, 0.05) is 12.6 Å². The molecule has 1 aromatic carbocycles. The predicted molar refractivity (Wildman–Crippen MR) is 90.1 cm³/mol. The lowest BCUT2D eigenvalue weighted by atomic mass is 9.83. The van der Waals surface area contributed by atoms with Crippen LogP contribution in [0.15, 0.2) is 18.2 Å². The van der Waals surface area contributed by atoms with E-state index in [1.165, 1.54) is 0 Å². The maximum absolute atomic E-state index is 12.6. The maximum Gasteiger partial charge on any atom is 0.268 e. The predicted octanol–water partition coefficient (Wildman–Crippen LogP) is 3.50. The minimum absolute atomic E-state index is 0.0338. The van der Waals surface area contributed by atoms with Gasteiger partial charge in [-0.25, -0.2) is 0 Å². The molecule has 2 rings (SSSR count). The van der Waals surface area contributed by atoms with E-state index in [2.05, 4.69) is 20.8 Å². The van der Waals surface area contributed by atoms with E-state index in [4.69, 9.17) is 10.5 Å². The van der Waals surface area contributed by atoms with Crippen LogP contribution >= 0.6 is 0 Å². The van der Waals surface area contributed by atoms with E-state index in [-0.39, 0.29) is 23.3 Å². The summed E-state index contributed by atoms with van der Waals surface area (Å²) in [6.07, 6.45) is -0.408. The van der Waals surface area contributed by atoms with Gasteiger partial charge in [-0.2, -0.15) is 0 Å². The topological polar surface area (TPSA) is 55.6 Å². The molecule has 0 aliphatic carbocycles. The number of ether oxygens (including phenoxy) is 1. The minimum Gasteiger partial charge on any atom is -0.478 e. The molecule has 4 heteroatoms. The normalized spacial score (nSPS) is 19.9. The molecule has 2 atom stereocenters. The van der Waals surface area contributed by atoms with Gasteiger partial charge in [0.1, 0.15) is 5.75 Å². The van der Waals surface area contributed by atoms with Crippen LogP contribution in [0.2, 0.25) is 0 Å². The fraction of sp³-hybridized carbons (Fsp3) is 0.611. The molecule has 1 amide bonds. The lowest BCUT2D eigenvalue weighted by Gasteiger charge is -2.36. The van der Waals surface area contributed by atoms with Gasteiger partial charge >= 0.3 is 0 Å². The van der Waals surface area contributed by atoms with Gasteiger partial charge in [-0.1, -0.05) is 40.7 Å². The molecule has 4 nitrogen and oxygen atoms in total. The second kappa shape index (κ2) is 5.92. The van der Waals surface area contributed by atoms with Gasteiger partial charge < -0.3 is 15.4 Å². The van der Waals surface area contributed by atoms with Crippen molar-refractivity contribution in [2.75, 3.05) is 11.4 Å². The number of rotatable bonds is 3. The minimum atomic E-state index is -0.408. The second-order valence-electron chi connectivity index (χ2n) is 7.44. The molecule has 0 spiro atoms. The monoisotopic (exact) mass is 304 g/mol. The van der Waals surface area contributed by atoms with E-state index < -0.39 is 6.10 Å². The number of hydrogen-bond donors (Lipinski definition) is 1. The highest BCUT2D eigenvalue weighted by molar-refractivity contribution is 6.00. The summed E-state index contributed by atoms with van der Waals surface area (Å²) in [7, 11) is 0.